The standard InChI is InChI=1S/C24H33N2P/c1-3-12-21(13-4-1)27(22-14-5-2-6-15-22)24(23-16-8-10-18-26-23)19-20-11-7-9-17-25-20/h7-11,16-18,21-22,24H,1-6,12-15,19H2. The van der Waals surface area contributed by atoms with Crippen LogP contribution >= 0.6 is 7.92 Å². The molecule has 2 aliphatic rings. The van der Waals surface area contributed by atoms with Crippen LogP contribution in [0.3, 0.4) is 0 Å². The molecule has 27 heavy (non-hydrogen) atoms. The van der Waals surface area contributed by atoms with Gasteiger partial charge in [-0.05, 0) is 61.3 Å². The van der Waals surface area contributed by atoms with Gasteiger partial charge >= 0.3 is 0 Å². The van der Waals surface area contributed by atoms with Crippen LogP contribution in [0.1, 0.15) is 81.3 Å². The van der Waals surface area contributed by atoms with E-state index in [1.54, 1.807) is 0 Å². The Morgan fingerprint density at radius 2 is 1.33 bits per heavy atom. The molecule has 0 radical (unpaired) electrons. The van der Waals surface area contributed by atoms with Crippen LogP contribution in [0, 0.1) is 0 Å². The van der Waals surface area contributed by atoms with Gasteiger partial charge in [-0.2, -0.15) is 0 Å². The van der Waals surface area contributed by atoms with Gasteiger partial charge in [0.1, 0.15) is 0 Å². The Labute approximate surface area is 166 Å². The van der Waals surface area contributed by atoms with Crippen molar-refractivity contribution >= 4 is 7.92 Å². The Kier molecular flexibility index (Phi) is 6.91. The minimum absolute atomic E-state index is 0.0629. The fourth-order valence-corrected chi connectivity index (χ4v) is 9.61. The average Bonchev–Trinajstić information content (AvgIpc) is 2.76. The smallest absolute Gasteiger partial charge is 0.0481 e. The van der Waals surface area contributed by atoms with Crippen LogP contribution in [0.5, 0.6) is 0 Å². The lowest BCUT2D eigenvalue weighted by atomic mass is 9.99. The average molecular weight is 381 g/mol. The highest BCUT2D eigenvalue weighted by molar-refractivity contribution is 7.59. The summed E-state index contributed by atoms with van der Waals surface area (Å²) in [5.41, 5.74) is 5.01. The third kappa shape index (κ3) is 4.96. The van der Waals surface area contributed by atoms with Crippen molar-refractivity contribution in [3.63, 3.8) is 0 Å². The quantitative estimate of drug-likeness (QED) is 0.509. The van der Waals surface area contributed by atoms with Crippen LogP contribution in [0.15, 0.2) is 48.8 Å². The first-order valence-corrected chi connectivity index (χ1v) is 12.5. The van der Waals surface area contributed by atoms with E-state index in [0.717, 1.165) is 17.7 Å². The topological polar surface area (TPSA) is 25.8 Å². The van der Waals surface area contributed by atoms with Crippen LogP contribution in [-0.4, -0.2) is 21.3 Å². The van der Waals surface area contributed by atoms with Crippen LogP contribution in [0.4, 0.5) is 0 Å². The van der Waals surface area contributed by atoms with E-state index in [2.05, 4.69) is 30.3 Å². The Hall–Kier alpha value is -1.27. The van der Waals surface area contributed by atoms with E-state index in [4.69, 9.17) is 9.97 Å². The van der Waals surface area contributed by atoms with Crippen LogP contribution in [0.25, 0.3) is 0 Å². The van der Waals surface area contributed by atoms with Crippen molar-refractivity contribution in [1.29, 1.82) is 0 Å². The predicted octanol–water partition coefficient (Wildman–Crippen LogP) is 6.91. The monoisotopic (exact) mass is 380 g/mol. The van der Waals surface area contributed by atoms with Crippen molar-refractivity contribution in [2.45, 2.75) is 87.6 Å². The summed E-state index contributed by atoms with van der Waals surface area (Å²) in [7, 11) is -0.0629. The maximum Gasteiger partial charge on any atom is 0.0481 e. The molecule has 2 saturated carbocycles. The van der Waals surface area contributed by atoms with Crippen molar-refractivity contribution in [3.05, 3.63) is 60.2 Å². The molecule has 0 amide bonds. The van der Waals surface area contributed by atoms with Gasteiger partial charge in [0.15, 0.2) is 0 Å². The molecule has 2 fully saturated rings. The van der Waals surface area contributed by atoms with Crippen molar-refractivity contribution in [1.82, 2.24) is 9.97 Å². The summed E-state index contributed by atoms with van der Waals surface area (Å²) >= 11 is 0. The van der Waals surface area contributed by atoms with Gasteiger partial charge in [-0.3, -0.25) is 9.97 Å². The molecule has 0 aromatic carbocycles. The molecule has 2 aromatic rings. The van der Waals surface area contributed by atoms with Gasteiger partial charge in [-0.25, -0.2) is 0 Å². The fraction of sp³-hybridized carbons (Fsp3) is 0.583. The van der Waals surface area contributed by atoms with Gasteiger partial charge in [0.2, 0.25) is 0 Å². The fourth-order valence-electron chi connectivity index (χ4n) is 5.22. The Bertz CT molecular complexity index is 645. The molecule has 3 heteroatoms. The minimum atomic E-state index is -0.0629. The molecule has 0 aliphatic heterocycles. The molecular formula is C24H33N2P. The third-order valence-electron chi connectivity index (χ3n) is 6.51. The van der Waals surface area contributed by atoms with E-state index in [-0.39, 0.29) is 7.92 Å². The molecule has 0 N–H and O–H groups in total. The second-order valence-electron chi connectivity index (χ2n) is 8.33. The van der Waals surface area contributed by atoms with Crippen LogP contribution in [-0.2, 0) is 6.42 Å². The molecule has 2 aromatic heterocycles. The maximum atomic E-state index is 4.87. The summed E-state index contributed by atoms with van der Waals surface area (Å²) in [5, 5.41) is 0. The van der Waals surface area contributed by atoms with E-state index in [1.165, 1.54) is 75.6 Å². The third-order valence-corrected chi connectivity index (χ3v) is 10.4. The number of hydrogen-bond acceptors (Lipinski definition) is 2. The number of pyridine rings is 2. The summed E-state index contributed by atoms with van der Waals surface area (Å²) in [6.45, 7) is 0. The zero-order chi connectivity index (χ0) is 18.3. The van der Waals surface area contributed by atoms with Crippen LogP contribution in [0.2, 0.25) is 0 Å². The zero-order valence-electron chi connectivity index (χ0n) is 16.5. The highest BCUT2D eigenvalue weighted by atomic mass is 31.1. The van der Waals surface area contributed by atoms with Gasteiger partial charge < -0.3 is 0 Å². The lowest BCUT2D eigenvalue weighted by Crippen LogP contribution is -2.25. The summed E-state index contributed by atoms with van der Waals surface area (Å²) in [6.07, 6.45) is 19.5. The lowest BCUT2D eigenvalue weighted by Gasteiger charge is -2.43. The Morgan fingerprint density at radius 1 is 0.741 bits per heavy atom. The van der Waals surface area contributed by atoms with Crippen molar-refractivity contribution in [2.24, 2.45) is 0 Å². The molecule has 1 unspecified atom stereocenters. The molecule has 0 spiro atoms. The summed E-state index contributed by atoms with van der Waals surface area (Å²) < 4.78 is 0. The molecule has 2 nitrogen and oxygen atoms in total. The minimum Gasteiger partial charge on any atom is -0.261 e. The van der Waals surface area contributed by atoms with Gasteiger partial charge in [-0.15, -0.1) is 0 Å². The van der Waals surface area contributed by atoms with Gasteiger partial charge in [0, 0.05) is 35.9 Å². The SMILES string of the molecule is c1ccc(CC(c2ccccn2)P(C2CCCCC2)C2CCCCC2)nc1. The summed E-state index contributed by atoms with van der Waals surface area (Å²) in [4.78, 5) is 9.57. The summed E-state index contributed by atoms with van der Waals surface area (Å²) in [5.74, 6) is 0. The highest BCUT2D eigenvalue weighted by Crippen LogP contribution is 2.64. The highest BCUT2D eigenvalue weighted by Gasteiger charge is 2.37. The zero-order valence-corrected chi connectivity index (χ0v) is 17.4. The lowest BCUT2D eigenvalue weighted by molar-refractivity contribution is 0.480. The van der Waals surface area contributed by atoms with Gasteiger partial charge in [-0.1, -0.05) is 58.6 Å². The molecular weight excluding hydrogens is 347 g/mol. The number of hydrogen-bond donors (Lipinski definition) is 0. The predicted molar refractivity (Wildman–Crippen MR) is 116 cm³/mol. The molecule has 0 saturated heterocycles. The first kappa shape index (κ1) is 19.1. The Balaban J connectivity index is 1.67. The molecule has 144 valence electrons. The molecule has 2 heterocycles. The second kappa shape index (κ2) is 9.78. The first-order valence-electron chi connectivity index (χ1n) is 11.0. The van der Waals surface area contributed by atoms with Gasteiger partial charge in [0.05, 0.1) is 0 Å². The van der Waals surface area contributed by atoms with Crippen LogP contribution < -0.4 is 0 Å². The first-order chi connectivity index (χ1) is 13.4. The molecule has 0 bridgehead atoms. The Morgan fingerprint density at radius 3 is 1.85 bits per heavy atom. The van der Waals surface area contributed by atoms with E-state index in [0.29, 0.717) is 5.66 Å². The van der Waals surface area contributed by atoms with Gasteiger partial charge in [0.25, 0.3) is 0 Å². The van der Waals surface area contributed by atoms with Crippen molar-refractivity contribution in [2.75, 3.05) is 0 Å². The largest absolute Gasteiger partial charge is 0.261 e. The van der Waals surface area contributed by atoms with E-state index in [9.17, 15) is 0 Å². The number of rotatable bonds is 6. The normalized spacial score (nSPS) is 20.6. The number of aromatic nitrogens is 2. The van der Waals surface area contributed by atoms with E-state index < -0.39 is 0 Å². The summed E-state index contributed by atoms with van der Waals surface area (Å²) in [6, 6.07) is 12.9. The van der Waals surface area contributed by atoms with E-state index in [1.807, 2.05) is 18.5 Å². The number of nitrogens with zero attached hydrogens (tertiary/aromatic N) is 2. The second-order valence-corrected chi connectivity index (χ2v) is 11.3. The van der Waals surface area contributed by atoms with Crippen molar-refractivity contribution in [3.8, 4) is 0 Å². The molecule has 2 aliphatic carbocycles. The maximum absolute atomic E-state index is 4.87. The molecule has 1 atom stereocenters. The van der Waals surface area contributed by atoms with E-state index >= 15 is 0 Å². The molecule has 4 rings (SSSR count). The van der Waals surface area contributed by atoms with Crippen molar-refractivity contribution < 1.29 is 0 Å².